The summed E-state index contributed by atoms with van der Waals surface area (Å²) >= 11 is 0. The Morgan fingerprint density at radius 2 is 1.90 bits per heavy atom. The highest BCUT2D eigenvalue weighted by atomic mass is 19.1. The van der Waals surface area contributed by atoms with Crippen molar-refractivity contribution in [2.45, 2.75) is 12.8 Å². The molecule has 0 saturated carbocycles. The van der Waals surface area contributed by atoms with Gasteiger partial charge in [-0.2, -0.15) is 0 Å². The number of piperidine rings is 1. The molecule has 0 bridgehead atoms. The molecule has 21 heavy (non-hydrogen) atoms. The highest BCUT2D eigenvalue weighted by molar-refractivity contribution is 5.92. The lowest BCUT2D eigenvalue weighted by Crippen LogP contribution is -2.41. The van der Waals surface area contributed by atoms with E-state index >= 15 is 0 Å². The van der Waals surface area contributed by atoms with Crippen LogP contribution in [0.5, 0.6) is 0 Å². The van der Waals surface area contributed by atoms with Crippen LogP contribution in [0, 0.1) is 17.6 Å². The van der Waals surface area contributed by atoms with E-state index in [4.69, 9.17) is 0 Å². The van der Waals surface area contributed by atoms with Gasteiger partial charge < -0.3 is 10.6 Å². The molecule has 0 unspecified atom stereocenters. The van der Waals surface area contributed by atoms with Crippen molar-refractivity contribution in [3.05, 3.63) is 29.8 Å². The predicted molar refractivity (Wildman–Crippen MR) is 78.1 cm³/mol. The third-order valence-corrected chi connectivity index (χ3v) is 3.79. The Kier molecular flexibility index (Phi) is 5.64. The number of carbonyl (C=O) groups is 1. The molecule has 1 amide bonds. The largest absolute Gasteiger partial charge is 0.320 e. The van der Waals surface area contributed by atoms with E-state index in [1.54, 1.807) is 0 Å². The Bertz CT molecular complexity index is 468. The maximum absolute atomic E-state index is 13.5. The van der Waals surface area contributed by atoms with E-state index in [2.05, 4.69) is 10.6 Å². The molecule has 2 rings (SSSR count). The fourth-order valence-corrected chi connectivity index (χ4v) is 2.64. The number of para-hydroxylation sites is 1. The molecule has 4 nitrogen and oxygen atoms in total. The minimum absolute atomic E-state index is 0.167. The topological polar surface area (TPSA) is 44.4 Å². The number of amides is 1. The molecule has 1 aromatic rings. The number of rotatable bonds is 5. The number of nitrogens with zero attached hydrogens (tertiary/aromatic N) is 1. The van der Waals surface area contributed by atoms with Crippen LogP contribution in [0.4, 0.5) is 14.5 Å². The van der Waals surface area contributed by atoms with Crippen molar-refractivity contribution in [1.82, 2.24) is 10.2 Å². The zero-order valence-electron chi connectivity index (χ0n) is 12.2. The molecular weight excluding hydrogens is 276 g/mol. The predicted octanol–water partition coefficient (Wildman–Crippen LogP) is 1.83. The first-order valence-corrected chi connectivity index (χ1v) is 7.21. The number of anilines is 1. The summed E-state index contributed by atoms with van der Waals surface area (Å²) in [5.74, 6) is -1.25. The number of likely N-dealkylation sites (tertiary alicyclic amines) is 1. The average Bonchev–Trinajstić information content (AvgIpc) is 2.45. The highest BCUT2D eigenvalue weighted by Gasteiger charge is 2.21. The zero-order valence-corrected chi connectivity index (χ0v) is 12.2. The molecule has 0 aliphatic carbocycles. The van der Waals surface area contributed by atoms with Gasteiger partial charge in [0.1, 0.15) is 17.3 Å². The van der Waals surface area contributed by atoms with Gasteiger partial charge in [0.25, 0.3) is 0 Å². The van der Waals surface area contributed by atoms with Gasteiger partial charge in [0.05, 0.1) is 6.54 Å². The molecule has 0 aromatic heterocycles. The first-order chi connectivity index (χ1) is 10.1. The second-order valence-electron chi connectivity index (χ2n) is 5.42. The molecule has 116 valence electrons. The quantitative estimate of drug-likeness (QED) is 0.871. The van der Waals surface area contributed by atoms with Crippen molar-refractivity contribution in [2.24, 2.45) is 5.92 Å². The van der Waals surface area contributed by atoms with E-state index in [1.165, 1.54) is 6.07 Å². The van der Waals surface area contributed by atoms with Crippen LogP contribution >= 0.6 is 0 Å². The number of carbonyl (C=O) groups excluding carboxylic acids is 1. The summed E-state index contributed by atoms with van der Waals surface area (Å²) in [6, 6.07) is 3.52. The van der Waals surface area contributed by atoms with Crippen LogP contribution in [-0.4, -0.2) is 44.0 Å². The second-order valence-corrected chi connectivity index (χ2v) is 5.42. The number of halogens is 2. The Hall–Kier alpha value is -1.53. The molecule has 1 heterocycles. The van der Waals surface area contributed by atoms with Crippen LogP contribution in [0.25, 0.3) is 0 Å². The van der Waals surface area contributed by atoms with Crippen molar-refractivity contribution in [1.29, 1.82) is 0 Å². The van der Waals surface area contributed by atoms with Crippen molar-refractivity contribution < 1.29 is 13.6 Å². The minimum Gasteiger partial charge on any atom is -0.320 e. The van der Waals surface area contributed by atoms with Crippen LogP contribution in [0.15, 0.2) is 18.2 Å². The standard InChI is InChI=1S/C15H21F2N3O/c1-18-9-11-5-7-20(8-6-11)10-14(21)19-15-12(16)3-2-4-13(15)17/h2-4,11,18H,5-10H2,1H3,(H,19,21). The van der Waals surface area contributed by atoms with Gasteiger partial charge in [-0.15, -0.1) is 0 Å². The molecular formula is C15H21F2N3O. The summed E-state index contributed by atoms with van der Waals surface area (Å²) in [5.41, 5.74) is -0.368. The maximum atomic E-state index is 13.5. The fourth-order valence-electron chi connectivity index (χ4n) is 2.64. The number of benzene rings is 1. The van der Waals surface area contributed by atoms with E-state index < -0.39 is 11.6 Å². The summed E-state index contributed by atoms with van der Waals surface area (Å²) in [7, 11) is 1.93. The van der Waals surface area contributed by atoms with Gasteiger partial charge in [0.2, 0.25) is 5.91 Å². The third-order valence-electron chi connectivity index (χ3n) is 3.79. The monoisotopic (exact) mass is 297 g/mol. The minimum atomic E-state index is -0.754. The van der Waals surface area contributed by atoms with Gasteiger partial charge in [-0.25, -0.2) is 8.78 Å². The van der Waals surface area contributed by atoms with Crippen LogP contribution in [0.2, 0.25) is 0 Å². The van der Waals surface area contributed by atoms with Gasteiger partial charge in [-0.05, 0) is 57.6 Å². The van der Waals surface area contributed by atoms with Gasteiger partial charge in [0.15, 0.2) is 0 Å². The molecule has 1 saturated heterocycles. The van der Waals surface area contributed by atoms with Gasteiger partial charge in [-0.3, -0.25) is 9.69 Å². The summed E-state index contributed by atoms with van der Waals surface area (Å²) in [6.45, 7) is 2.82. The van der Waals surface area contributed by atoms with Crippen LogP contribution in [0.3, 0.4) is 0 Å². The molecule has 6 heteroatoms. The maximum Gasteiger partial charge on any atom is 0.238 e. The molecule has 2 N–H and O–H groups in total. The Morgan fingerprint density at radius 3 is 2.48 bits per heavy atom. The lowest BCUT2D eigenvalue weighted by molar-refractivity contribution is -0.117. The lowest BCUT2D eigenvalue weighted by Gasteiger charge is -2.31. The van der Waals surface area contributed by atoms with E-state index in [0.717, 1.165) is 44.6 Å². The normalized spacial score (nSPS) is 16.9. The molecule has 1 aromatic carbocycles. The average molecular weight is 297 g/mol. The van der Waals surface area contributed by atoms with Crippen molar-refractivity contribution >= 4 is 11.6 Å². The summed E-state index contributed by atoms with van der Waals surface area (Å²) < 4.78 is 26.9. The smallest absolute Gasteiger partial charge is 0.238 e. The van der Waals surface area contributed by atoms with Crippen molar-refractivity contribution in [2.75, 3.05) is 38.5 Å². The first kappa shape index (κ1) is 15.9. The molecule has 0 atom stereocenters. The summed E-state index contributed by atoms with van der Waals surface area (Å²) in [6.07, 6.45) is 2.06. The van der Waals surface area contributed by atoms with E-state index in [9.17, 15) is 13.6 Å². The molecule has 0 radical (unpaired) electrons. The van der Waals surface area contributed by atoms with Crippen LogP contribution in [0.1, 0.15) is 12.8 Å². The van der Waals surface area contributed by atoms with Crippen LogP contribution in [-0.2, 0) is 4.79 Å². The highest BCUT2D eigenvalue weighted by Crippen LogP contribution is 2.19. The van der Waals surface area contributed by atoms with Crippen molar-refractivity contribution in [3.63, 3.8) is 0 Å². The van der Waals surface area contributed by atoms with Crippen LogP contribution < -0.4 is 10.6 Å². The number of hydrogen-bond acceptors (Lipinski definition) is 3. The molecule has 1 fully saturated rings. The number of nitrogens with one attached hydrogen (secondary N) is 2. The molecule has 0 spiro atoms. The lowest BCUT2D eigenvalue weighted by atomic mass is 9.97. The SMILES string of the molecule is CNCC1CCN(CC(=O)Nc2c(F)cccc2F)CC1. The summed E-state index contributed by atoms with van der Waals surface area (Å²) in [4.78, 5) is 13.9. The Balaban J connectivity index is 1.83. The third kappa shape index (κ3) is 4.47. The van der Waals surface area contributed by atoms with Crippen molar-refractivity contribution in [3.8, 4) is 0 Å². The molecule has 1 aliphatic heterocycles. The summed E-state index contributed by atoms with van der Waals surface area (Å²) in [5, 5.41) is 5.48. The van der Waals surface area contributed by atoms with Gasteiger partial charge in [0, 0.05) is 0 Å². The van der Waals surface area contributed by atoms with E-state index in [0.29, 0.717) is 5.92 Å². The molecule has 1 aliphatic rings. The van der Waals surface area contributed by atoms with E-state index in [-0.39, 0.29) is 18.1 Å². The van der Waals surface area contributed by atoms with E-state index in [1.807, 2.05) is 11.9 Å². The number of hydrogen-bond donors (Lipinski definition) is 2. The van der Waals surface area contributed by atoms with Gasteiger partial charge in [-0.1, -0.05) is 6.07 Å². The Morgan fingerprint density at radius 1 is 1.29 bits per heavy atom. The first-order valence-electron chi connectivity index (χ1n) is 7.21. The zero-order chi connectivity index (χ0) is 15.2. The second kappa shape index (κ2) is 7.47. The fraction of sp³-hybridized carbons (Fsp3) is 0.533. The van der Waals surface area contributed by atoms with Gasteiger partial charge >= 0.3 is 0 Å². The Labute approximate surface area is 123 Å².